The zero-order valence-electron chi connectivity index (χ0n) is 13.0. The van der Waals surface area contributed by atoms with Crippen molar-refractivity contribution in [3.8, 4) is 0 Å². The van der Waals surface area contributed by atoms with Crippen LogP contribution in [-0.2, 0) is 19.1 Å². The fourth-order valence-corrected chi connectivity index (χ4v) is 1.95. The van der Waals surface area contributed by atoms with E-state index in [9.17, 15) is 9.59 Å². The number of nitrogens with two attached hydrogens (primary N) is 1. The zero-order chi connectivity index (χ0) is 18.1. The molecular weight excluding hydrogens is 324 g/mol. The lowest BCUT2D eigenvalue weighted by Crippen LogP contribution is -2.28. The van der Waals surface area contributed by atoms with Crippen LogP contribution < -0.4 is 16.9 Å². The predicted octanol–water partition coefficient (Wildman–Crippen LogP) is -0.685. The highest BCUT2D eigenvalue weighted by atomic mass is 16.6. The summed E-state index contributed by atoms with van der Waals surface area (Å²) in [6.45, 7) is 1.03. The number of aliphatic carboxylic acids is 1. The van der Waals surface area contributed by atoms with E-state index in [0.717, 1.165) is 6.92 Å². The second-order valence-corrected chi connectivity index (χ2v) is 4.81. The fraction of sp³-hybridized carbons (Fsp3) is 0.538. The molecule has 0 radical (unpaired) electrons. The average molecular weight is 344 g/mol. The summed E-state index contributed by atoms with van der Waals surface area (Å²) in [4.78, 5) is 35.3. The van der Waals surface area contributed by atoms with Crippen molar-refractivity contribution in [2.24, 2.45) is 5.73 Å². The van der Waals surface area contributed by atoms with E-state index in [-0.39, 0.29) is 25.1 Å². The minimum absolute atomic E-state index is 0.0673. The normalized spacial score (nSPS) is 19.1. The second kappa shape index (κ2) is 9.60. The van der Waals surface area contributed by atoms with Crippen LogP contribution in [-0.4, -0.2) is 51.1 Å². The number of carbonyl (C=O) groups is 2. The Hall–Kier alpha value is -2.50. The van der Waals surface area contributed by atoms with Crippen LogP contribution in [0.2, 0.25) is 0 Å². The number of carboxylic acid groups (broad SMARTS) is 1. The van der Waals surface area contributed by atoms with Gasteiger partial charge in [0.15, 0.2) is 5.82 Å². The first-order valence-electron chi connectivity index (χ1n) is 7.07. The Morgan fingerprint density at radius 1 is 1.54 bits per heavy atom. The number of nitrogens with zero attached hydrogens (tertiary/aromatic N) is 2. The molecule has 0 amide bonds. The first kappa shape index (κ1) is 19.5. The standard InChI is InChI=1S/C11H16N4O5.C2H4O2/c12-5-10(16)19-6-7-1-2-9(20-7)15-4-3-8(14-18)13-11(15)17;1-2(3)4/h3-4,7,9,18H,1-2,5-6,12H2,(H,13,14,17);1H3,(H,3,4). The molecule has 5 N–H and O–H groups in total. The lowest BCUT2D eigenvalue weighted by molar-refractivity contribution is -0.146. The molecule has 0 saturated carbocycles. The van der Waals surface area contributed by atoms with Gasteiger partial charge in [0.25, 0.3) is 5.97 Å². The maximum absolute atomic E-state index is 11.7. The molecule has 1 aliphatic rings. The number of carbonyl (C=O) groups excluding carboxylic acids is 1. The van der Waals surface area contributed by atoms with Crippen LogP contribution in [0.1, 0.15) is 26.0 Å². The van der Waals surface area contributed by atoms with Crippen molar-refractivity contribution < 1.29 is 29.4 Å². The highest BCUT2D eigenvalue weighted by Gasteiger charge is 2.28. The number of rotatable bonds is 5. The number of hydrogen-bond acceptors (Lipinski definition) is 9. The number of aromatic nitrogens is 2. The predicted molar refractivity (Wildman–Crippen MR) is 80.4 cm³/mol. The third-order valence-electron chi connectivity index (χ3n) is 2.94. The summed E-state index contributed by atoms with van der Waals surface area (Å²) >= 11 is 0. The molecule has 2 unspecified atom stereocenters. The van der Waals surface area contributed by atoms with Gasteiger partial charge in [-0.15, -0.1) is 0 Å². The van der Waals surface area contributed by atoms with Crippen molar-refractivity contribution in [3.63, 3.8) is 0 Å². The molecule has 2 rings (SSSR count). The Bertz CT molecular complexity index is 615. The van der Waals surface area contributed by atoms with Crippen molar-refractivity contribution in [3.05, 3.63) is 22.7 Å². The summed E-state index contributed by atoms with van der Waals surface area (Å²) in [5, 5.41) is 16.1. The van der Waals surface area contributed by atoms with Crippen molar-refractivity contribution in [2.75, 3.05) is 18.6 Å². The van der Waals surface area contributed by atoms with Gasteiger partial charge >= 0.3 is 11.7 Å². The maximum Gasteiger partial charge on any atom is 0.351 e. The van der Waals surface area contributed by atoms with E-state index in [1.54, 1.807) is 5.48 Å². The van der Waals surface area contributed by atoms with Crippen LogP contribution in [0.15, 0.2) is 17.1 Å². The first-order valence-corrected chi connectivity index (χ1v) is 7.07. The Labute approximate surface area is 137 Å². The molecular formula is C13H20N4O7. The summed E-state index contributed by atoms with van der Waals surface area (Å²) in [6.07, 6.45) is 2.03. The average Bonchev–Trinajstić information content (AvgIpc) is 3.00. The van der Waals surface area contributed by atoms with Crippen molar-refractivity contribution >= 4 is 17.8 Å². The number of nitrogens with one attached hydrogen (secondary N) is 1. The number of anilines is 1. The SMILES string of the molecule is CC(=O)O.NCC(=O)OCC1CCC(n2ccc(NO)nc2=O)O1. The first-order chi connectivity index (χ1) is 11.4. The van der Waals surface area contributed by atoms with E-state index < -0.39 is 23.9 Å². The molecule has 0 spiro atoms. The molecule has 1 aromatic heterocycles. The number of esters is 1. The molecule has 24 heavy (non-hydrogen) atoms. The van der Waals surface area contributed by atoms with E-state index in [0.29, 0.717) is 12.8 Å². The summed E-state index contributed by atoms with van der Waals surface area (Å²) in [5.74, 6) is -1.26. The van der Waals surface area contributed by atoms with Gasteiger partial charge in [-0.05, 0) is 18.9 Å². The van der Waals surface area contributed by atoms with Gasteiger partial charge in [-0.25, -0.2) is 4.79 Å². The van der Waals surface area contributed by atoms with Gasteiger partial charge in [0.1, 0.15) is 12.8 Å². The summed E-state index contributed by atoms with van der Waals surface area (Å²) in [7, 11) is 0. The molecule has 0 aliphatic carbocycles. The van der Waals surface area contributed by atoms with Crippen LogP contribution in [0.5, 0.6) is 0 Å². The minimum atomic E-state index is -0.833. The molecule has 1 aliphatic heterocycles. The number of ether oxygens (including phenoxy) is 2. The molecule has 1 saturated heterocycles. The van der Waals surface area contributed by atoms with Crippen LogP contribution in [0, 0.1) is 0 Å². The Morgan fingerprint density at radius 2 is 2.21 bits per heavy atom. The van der Waals surface area contributed by atoms with E-state index in [2.05, 4.69) is 4.98 Å². The van der Waals surface area contributed by atoms with Crippen molar-refractivity contribution in [1.29, 1.82) is 0 Å². The van der Waals surface area contributed by atoms with Crippen LogP contribution in [0.3, 0.4) is 0 Å². The summed E-state index contributed by atoms with van der Waals surface area (Å²) < 4.78 is 11.8. The summed E-state index contributed by atoms with van der Waals surface area (Å²) in [6, 6.07) is 1.45. The van der Waals surface area contributed by atoms with E-state index in [4.69, 9.17) is 30.3 Å². The van der Waals surface area contributed by atoms with E-state index >= 15 is 0 Å². The molecule has 2 heterocycles. The highest BCUT2D eigenvalue weighted by Crippen LogP contribution is 2.27. The zero-order valence-corrected chi connectivity index (χ0v) is 13.0. The molecule has 11 heteroatoms. The molecule has 1 fully saturated rings. The topological polar surface area (TPSA) is 166 Å². The van der Waals surface area contributed by atoms with Gasteiger partial charge < -0.3 is 20.3 Å². The minimum Gasteiger partial charge on any atom is -0.481 e. The van der Waals surface area contributed by atoms with Crippen LogP contribution in [0.4, 0.5) is 5.82 Å². The fourth-order valence-electron chi connectivity index (χ4n) is 1.95. The van der Waals surface area contributed by atoms with Crippen LogP contribution in [0.25, 0.3) is 0 Å². The summed E-state index contributed by atoms with van der Waals surface area (Å²) in [5.41, 5.74) is 6.39. The quantitative estimate of drug-likeness (QED) is 0.397. The van der Waals surface area contributed by atoms with Gasteiger partial charge in [-0.3, -0.25) is 24.8 Å². The van der Waals surface area contributed by atoms with E-state index in [1.165, 1.54) is 16.8 Å². The van der Waals surface area contributed by atoms with Crippen molar-refractivity contribution in [1.82, 2.24) is 9.55 Å². The van der Waals surface area contributed by atoms with Gasteiger partial charge in [-0.2, -0.15) is 4.98 Å². The van der Waals surface area contributed by atoms with Crippen LogP contribution >= 0.6 is 0 Å². The van der Waals surface area contributed by atoms with Crippen molar-refractivity contribution in [2.45, 2.75) is 32.1 Å². The molecule has 11 nitrogen and oxygen atoms in total. The maximum atomic E-state index is 11.7. The smallest absolute Gasteiger partial charge is 0.351 e. The lowest BCUT2D eigenvalue weighted by atomic mass is 10.2. The molecule has 1 aromatic rings. The van der Waals surface area contributed by atoms with Gasteiger partial charge in [-0.1, -0.05) is 0 Å². The molecule has 0 aromatic carbocycles. The number of hydrogen-bond donors (Lipinski definition) is 4. The highest BCUT2D eigenvalue weighted by molar-refractivity contribution is 5.71. The molecule has 0 bridgehead atoms. The third-order valence-corrected chi connectivity index (χ3v) is 2.94. The Kier molecular flexibility index (Phi) is 7.82. The van der Waals surface area contributed by atoms with Gasteiger partial charge in [0.2, 0.25) is 0 Å². The molecule has 134 valence electrons. The largest absolute Gasteiger partial charge is 0.481 e. The van der Waals surface area contributed by atoms with E-state index in [1.807, 2.05) is 0 Å². The van der Waals surface area contributed by atoms with Gasteiger partial charge in [0.05, 0.1) is 12.6 Å². The Balaban J connectivity index is 0.000000648. The lowest BCUT2D eigenvalue weighted by Gasteiger charge is -2.15. The molecule has 2 atom stereocenters. The monoisotopic (exact) mass is 344 g/mol. The Morgan fingerprint density at radius 3 is 2.75 bits per heavy atom. The van der Waals surface area contributed by atoms with Gasteiger partial charge in [0, 0.05) is 13.1 Å². The second-order valence-electron chi connectivity index (χ2n) is 4.81. The number of carboxylic acids is 1. The third kappa shape index (κ3) is 6.32.